The minimum atomic E-state index is -2.96. The third-order valence-corrected chi connectivity index (χ3v) is 4.40. The van der Waals surface area contributed by atoms with Crippen LogP contribution in [0.1, 0.15) is 19.8 Å². The molecule has 1 aliphatic rings. The van der Waals surface area contributed by atoms with Gasteiger partial charge in [-0.2, -0.15) is 0 Å². The maximum absolute atomic E-state index is 11.6. The highest BCUT2D eigenvalue weighted by Gasteiger charge is 2.32. The van der Waals surface area contributed by atoms with Crippen molar-refractivity contribution in [1.29, 1.82) is 0 Å². The molecule has 0 aromatic carbocycles. The van der Waals surface area contributed by atoms with Crippen molar-refractivity contribution in [3.8, 4) is 0 Å². The predicted molar refractivity (Wildman–Crippen MR) is 62.9 cm³/mol. The molecule has 0 bridgehead atoms. The molecule has 1 rings (SSSR count). The summed E-state index contributed by atoms with van der Waals surface area (Å²) < 4.78 is 22.3. The van der Waals surface area contributed by atoms with Crippen molar-refractivity contribution in [3.63, 3.8) is 0 Å². The Hall–Kier alpha value is -0.620. The Labute approximate surface area is 96.9 Å². The van der Waals surface area contributed by atoms with Gasteiger partial charge in [0.25, 0.3) is 0 Å². The lowest BCUT2D eigenvalue weighted by molar-refractivity contribution is -0.124. The molecule has 0 aliphatic carbocycles. The summed E-state index contributed by atoms with van der Waals surface area (Å²) in [7, 11) is -2.96. The molecule has 1 atom stereocenters. The quantitative estimate of drug-likeness (QED) is 0.624. The molecular formula is C10H20N2O3S. The van der Waals surface area contributed by atoms with Gasteiger partial charge in [0.2, 0.25) is 5.91 Å². The van der Waals surface area contributed by atoms with Crippen molar-refractivity contribution in [2.45, 2.75) is 19.8 Å². The van der Waals surface area contributed by atoms with Gasteiger partial charge in [0.15, 0.2) is 9.84 Å². The second-order valence-corrected chi connectivity index (χ2v) is 6.37. The van der Waals surface area contributed by atoms with Crippen LogP contribution in [0.25, 0.3) is 0 Å². The lowest BCUT2D eigenvalue weighted by Gasteiger charge is -2.09. The molecule has 0 aromatic heterocycles. The lowest BCUT2D eigenvalue weighted by Crippen LogP contribution is -2.36. The van der Waals surface area contributed by atoms with E-state index in [2.05, 4.69) is 17.6 Å². The Bertz CT molecular complexity index is 327. The minimum Gasteiger partial charge on any atom is -0.355 e. The van der Waals surface area contributed by atoms with Gasteiger partial charge in [-0.05, 0) is 19.4 Å². The molecule has 1 heterocycles. The molecule has 1 saturated heterocycles. The summed E-state index contributed by atoms with van der Waals surface area (Å²) in [5, 5.41) is 5.92. The summed E-state index contributed by atoms with van der Waals surface area (Å²) in [4.78, 5) is 11.6. The Morgan fingerprint density at radius 3 is 2.62 bits per heavy atom. The zero-order valence-corrected chi connectivity index (χ0v) is 10.5. The van der Waals surface area contributed by atoms with Crippen molar-refractivity contribution in [2.24, 2.45) is 5.92 Å². The first-order valence-corrected chi connectivity index (χ1v) is 7.56. The molecule has 1 fully saturated rings. The molecule has 16 heavy (non-hydrogen) atoms. The number of sulfone groups is 1. The molecular weight excluding hydrogens is 228 g/mol. The van der Waals surface area contributed by atoms with Crippen LogP contribution in [0.15, 0.2) is 0 Å². The van der Waals surface area contributed by atoms with E-state index in [4.69, 9.17) is 0 Å². The first-order chi connectivity index (χ1) is 7.55. The van der Waals surface area contributed by atoms with Crippen LogP contribution in [0.3, 0.4) is 0 Å². The van der Waals surface area contributed by atoms with E-state index in [1.54, 1.807) is 0 Å². The van der Waals surface area contributed by atoms with Crippen LogP contribution in [-0.4, -0.2) is 45.5 Å². The predicted octanol–water partition coefficient (Wildman–Crippen LogP) is -0.463. The minimum absolute atomic E-state index is 0.0151. The van der Waals surface area contributed by atoms with Crippen molar-refractivity contribution >= 4 is 15.7 Å². The fourth-order valence-electron chi connectivity index (χ4n) is 1.72. The summed E-state index contributed by atoms with van der Waals surface area (Å²) in [5.74, 6) is -0.295. The molecule has 94 valence electrons. The van der Waals surface area contributed by atoms with Crippen LogP contribution < -0.4 is 10.6 Å². The highest BCUT2D eigenvalue weighted by Crippen LogP contribution is 2.17. The Kier molecular flexibility index (Phi) is 5.21. The summed E-state index contributed by atoms with van der Waals surface area (Å²) in [6.07, 6.45) is 1.53. The average Bonchev–Trinajstić information content (AvgIpc) is 2.58. The topological polar surface area (TPSA) is 75.3 Å². The van der Waals surface area contributed by atoms with Gasteiger partial charge in [-0.1, -0.05) is 6.92 Å². The second kappa shape index (κ2) is 6.20. The van der Waals surface area contributed by atoms with Crippen molar-refractivity contribution < 1.29 is 13.2 Å². The molecule has 0 radical (unpaired) electrons. The maximum atomic E-state index is 11.6. The van der Waals surface area contributed by atoms with Gasteiger partial charge in [0, 0.05) is 13.1 Å². The second-order valence-electron chi connectivity index (χ2n) is 4.14. The van der Waals surface area contributed by atoms with E-state index in [1.165, 1.54) is 0 Å². The summed E-state index contributed by atoms with van der Waals surface area (Å²) >= 11 is 0. The SMILES string of the molecule is CCCNCCNC(=O)C1CCS(=O)(=O)C1. The van der Waals surface area contributed by atoms with Gasteiger partial charge >= 0.3 is 0 Å². The Morgan fingerprint density at radius 1 is 1.31 bits per heavy atom. The van der Waals surface area contributed by atoms with Crippen LogP contribution in [0.2, 0.25) is 0 Å². The number of hydrogen-bond acceptors (Lipinski definition) is 4. The van der Waals surface area contributed by atoms with Crippen LogP contribution in [0.5, 0.6) is 0 Å². The number of carbonyl (C=O) groups excluding carboxylic acids is 1. The van der Waals surface area contributed by atoms with Crippen molar-refractivity contribution in [1.82, 2.24) is 10.6 Å². The molecule has 2 N–H and O–H groups in total. The number of amides is 1. The van der Waals surface area contributed by atoms with Crippen LogP contribution >= 0.6 is 0 Å². The highest BCUT2D eigenvalue weighted by atomic mass is 32.2. The van der Waals surface area contributed by atoms with Gasteiger partial charge in [-0.25, -0.2) is 8.42 Å². The summed E-state index contributed by atoms with van der Waals surface area (Å²) in [6, 6.07) is 0. The molecule has 1 aliphatic heterocycles. The molecule has 5 nitrogen and oxygen atoms in total. The standard InChI is InChI=1S/C10H20N2O3S/c1-2-4-11-5-6-12-10(13)9-3-7-16(14,15)8-9/h9,11H,2-8H2,1H3,(H,12,13). The molecule has 0 aromatic rings. The zero-order valence-electron chi connectivity index (χ0n) is 9.66. The fourth-order valence-corrected chi connectivity index (χ4v) is 3.46. The smallest absolute Gasteiger partial charge is 0.224 e. The summed E-state index contributed by atoms with van der Waals surface area (Å²) in [6.45, 7) is 4.32. The van der Waals surface area contributed by atoms with Crippen molar-refractivity contribution in [2.75, 3.05) is 31.1 Å². The molecule has 0 saturated carbocycles. The van der Waals surface area contributed by atoms with Gasteiger partial charge in [-0.3, -0.25) is 4.79 Å². The van der Waals surface area contributed by atoms with E-state index in [0.29, 0.717) is 13.0 Å². The lowest BCUT2D eigenvalue weighted by atomic mass is 10.1. The van der Waals surface area contributed by atoms with Crippen LogP contribution in [0.4, 0.5) is 0 Å². The molecule has 6 heteroatoms. The first-order valence-electron chi connectivity index (χ1n) is 5.74. The maximum Gasteiger partial charge on any atom is 0.224 e. The molecule has 1 unspecified atom stereocenters. The third kappa shape index (κ3) is 4.49. The number of nitrogens with one attached hydrogen (secondary N) is 2. The van der Waals surface area contributed by atoms with Crippen molar-refractivity contribution in [3.05, 3.63) is 0 Å². The third-order valence-electron chi connectivity index (χ3n) is 2.63. The monoisotopic (exact) mass is 248 g/mol. The Balaban J connectivity index is 2.16. The van der Waals surface area contributed by atoms with E-state index in [0.717, 1.165) is 19.5 Å². The van der Waals surface area contributed by atoms with E-state index in [9.17, 15) is 13.2 Å². The van der Waals surface area contributed by atoms with E-state index in [1.807, 2.05) is 0 Å². The van der Waals surface area contributed by atoms with E-state index in [-0.39, 0.29) is 23.3 Å². The summed E-state index contributed by atoms with van der Waals surface area (Å²) in [5.41, 5.74) is 0. The number of carbonyl (C=O) groups is 1. The first kappa shape index (κ1) is 13.4. The van der Waals surface area contributed by atoms with Crippen LogP contribution in [-0.2, 0) is 14.6 Å². The van der Waals surface area contributed by atoms with Gasteiger partial charge in [0.05, 0.1) is 17.4 Å². The largest absolute Gasteiger partial charge is 0.355 e. The molecule has 0 spiro atoms. The fraction of sp³-hybridized carbons (Fsp3) is 0.900. The number of rotatable bonds is 6. The van der Waals surface area contributed by atoms with Gasteiger partial charge in [0.1, 0.15) is 0 Å². The van der Waals surface area contributed by atoms with E-state index >= 15 is 0 Å². The Morgan fingerprint density at radius 2 is 2.06 bits per heavy atom. The zero-order chi connectivity index (χ0) is 12.0. The molecule has 1 amide bonds. The van der Waals surface area contributed by atoms with Gasteiger partial charge < -0.3 is 10.6 Å². The average molecular weight is 248 g/mol. The van der Waals surface area contributed by atoms with Crippen LogP contribution in [0, 0.1) is 5.92 Å². The normalized spacial score (nSPS) is 23.2. The highest BCUT2D eigenvalue weighted by molar-refractivity contribution is 7.91. The van der Waals surface area contributed by atoms with E-state index < -0.39 is 9.84 Å². The number of hydrogen-bond donors (Lipinski definition) is 2. The van der Waals surface area contributed by atoms with Gasteiger partial charge in [-0.15, -0.1) is 0 Å².